The molecule has 0 aromatic heterocycles. The van der Waals surface area contributed by atoms with Crippen LogP contribution in [-0.4, -0.2) is 83.0 Å². The van der Waals surface area contributed by atoms with E-state index in [0.717, 1.165) is 6.92 Å². The fraction of sp³-hybridized carbons (Fsp3) is 0.792. The van der Waals surface area contributed by atoms with Crippen LogP contribution in [0.4, 0.5) is 8.78 Å². The van der Waals surface area contributed by atoms with Crippen LogP contribution in [-0.2, 0) is 24.0 Å². The molecule has 208 valence electrons. The second-order valence-electron chi connectivity index (χ2n) is 10.9. The third-order valence-electron chi connectivity index (χ3n) is 8.16. The van der Waals surface area contributed by atoms with Crippen LogP contribution in [0, 0.1) is 29.1 Å². The summed E-state index contributed by atoms with van der Waals surface area (Å²) in [6, 6.07) is -2.07. The standard InChI is InChI=1S/C24H36ClF2N5O5/c1-6-11(2)16(29-19(33)12(3)26)22(36)31-10-14-15(24(14,4)5)17(31)21(35)30-32(23(37)18(25)27)9-13-7-8-28-20(13)34/h11-18H,6-10H2,1-5H3,(H,28,34)(H,29,33)(H,30,35)/t11-,12?,13+,14+,15+,16+,17+,18-/m1/s1. The fourth-order valence-corrected chi connectivity index (χ4v) is 5.61. The molecule has 3 N–H and O–H groups in total. The second kappa shape index (κ2) is 11.1. The predicted octanol–water partition coefficient (Wildman–Crippen LogP) is 0.889. The molecule has 37 heavy (non-hydrogen) atoms. The first-order valence-electron chi connectivity index (χ1n) is 12.6. The second-order valence-corrected chi connectivity index (χ2v) is 11.3. The van der Waals surface area contributed by atoms with Crippen LogP contribution < -0.4 is 16.1 Å². The molecule has 2 saturated heterocycles. The zero-order valence-electron chi connectivity index (χ0n) is 21.7. The number of hydrogen-bond donors (Lipinski definition) is 3. The molecule has 2 heterocycles. The summed E-state index contributed by atoms with van der Waals surface area (Å²) in [6.07, 6.45) is -0.909. The van der Waals surface area contributed by atoms with Crippen LogP contribution in [0.5, 0.6) is 0 Å². The molecule has 8 atom stereocenters. The number of piperidine rings is 1. The normalized spacial score (nSPS) is 28.9. The number of carbonyl (C=O) groups excluding carboxylic acids is 5. The van der Waals surface area contributed by atoms with Gasteiger partial charge in [0.25, 0.3) is 23.4 Å². The minimum Gasteiger partial charge on any atom is -0.356 e. The smallest absolute Gasteiger partial charge is 0.291 e. The number of fused-ring (bicyclic) bond motifs is 1. The molecule has 0 spiro atoms. The summed E-state index contributed by atoms with van der Waals surface area (Å²) in [7, 11) is 0. The Labute approximate surface area is 220 Å². The summed E-state index contributed by atoms with van der Waals surface area (Å²) < 4.78 is 27.4. The van der Waals surface area contributed by atoms with Gasteiger partial charge in [-0.25, -0.2) is 13.8 Å². The molecule has 3 rings (SSSR count). The molecule has 3 fully saturated rings. The Morgan fingerprint density at radius 2 is 1.89 bits per heavy atom. The van der Waals surface area contributed by atoms with Gasteiger partial charge in [0.15, 0.2) is 6.17 Å². The van der Waals surface area contributed by atoms with Crippen molar-refractivity contribution < 1.29 is 32.8 Å². The lowest BCUT2D eigenvalue weighted by Gasteiger charge is -2.36. The van der Waals surface area contributed by atoms with Gasteiger partial charge in [-0.15, -0.1) is 0 Å². The molecule has 2 aliphatic heterocycles. The molecule has 5 amide bonds. The number of carbonyl (C=O) groups is 5. The number of rotatable bonds is 9. The third-order valence-corrected chi connectivity index (χ3v) is 8.35. The number of hydrazine groups is 1. The molecule has 13 heteroatoms. The van der Waals surface area contributed by atoms with E-state index in [1.54, 1.807) is 6.92 Å². The van der Waals surface area contributed by atoms with Crippen molar-refractivity contribution in [3.8, 4) is 0 Å². The first-order valence-corrected chi connectivity index (χ1v) is 13.1. The molecule has 0 aromatic carbocycles. The molecular formula is C24H36ClF2N5O5. The number of nitrogens with one attached hydrogen (secondary N) is 3. The zero-order valence-corrected chi connectivity index (χ0v) is 22.5. The van der Waals surface area contributed by atoms with E-state index in [1.807, 2.05) is 20.8 Å². The van der Waals surface area contributed by atoms with Crippen LogP contribution in [0.1, 0.15) is 47.5 Å². The maximum Gasteiger partial charge on any atom is 0.291 e. The Kier molecular flexibility index (Phi) is 8.71. The van der Waals surface area contributed by atoms with Gasteiger partial charge < -0.3 is 15.5 Å². The summed E-state index contributed by atoms with van der Waals surface area (Å²) in [4.78, 5) is 65.1. The Morgan fingerprint density at radius 1 is 1.24 bits per heavy atom. The van der Waals surface area contributed by atoms with Crippen molar-refractivity contribution in [1.29, 1.82) is 0 Å². The molecular weight excluding hydrogens is 512 g/mol. The average Bonchev–Trinajstić information content (AvgIpc) is 3.19. The molecule has 0 aromatic rings. The van der Waals surface area contributed by atoms with Crippen LogP contribution in [0.3, 0.4) is 0 Å². The SMILES string of the molecule is CC[C@@H](C)[C@H](NC(=O)C(C)F)C(=O)N1C[C@H]2[C@@H]([C@H]1C(=O)NN(C[C@@H]1CCNC1=O)C(=O)[C@@H](F)Cl)C2(C)C. The number of halogens is 3. The lowest BCUT2D eigenvalue weighted by Crippen LogP contribution is -2.60. The largest absolute Gasteiger partial charge is 0.356 e. The highest BCUT2D eigenvalue weighted by molar-refractivity contribution is 6.29. The van der Waals surface area contributed by atoms with E-state index in [1.165, 1.54) is 4.90 Å². The molecule has 1 saturated carbocycles. The lowest BCUT2D eigenvalue weighted by molar-refractivity contribution is -0.150. The van der Waals surface area contributed by atoms with Crippen molar-refractivity contribution in [2.24, 2.45) is 29.1 Å². The molecule has 0 bridgehead atoms. The molecule has 10 nitrogen and oxygen atoms in total. The number of alkyl halides is 3. The average molecular weight is 548 g/mol. The first kappa shape index (κ1) is 29.1. The van der Waals surface area contributed by atoms with Crippen LogP contribution >= 0.6 is 11.6 Å². The Balaban J connectivity index is 1.85. The summed E-state index contributed by atoms with van der Waals surface area (Å²) >= 11 is 5.37. The maximum absolute atomic E-state index is 13.8. The highest BCUT2D eigenvalue weighted by atomic mass is 35.5. The minimum absolute atomic E-state index is 0.00713. The Morgan fingerprint density at radius 3 is 2.41 bits per heavy atom. The van der Waals surface area contributed by atoms with E-state index in [-0.39, 0.29) is 42.2 Å². The quantitative estimate of drug-likeness (QED) is 0.292. The number of nitrogens with zero attached hydrogens (tertiary/aromatic N) is 2. The zero-order chi connectivity index (χ0) is 27.8. The van der Waals surface area contributed by atoms with E-state index in [9.17, 15) is 32.8 Å². The lowest BCUT2D eigenvalue weighted by atomic mass is 9.95. The van der Waals surface area contributed by atoms with E-state index in [2.05, 4.69) is 16.1 Å². The van der Waals surface area contributed by atoms with Crippen molar-refractivity contribution >= 4 is 41.1 Å². The van der Waals surface area contributed by atoms with Crippen molar-refractivity contribution in [1.82, 2.24) is 26.0 Å². The topological polar surface area (TPSA) is 128 Å². The highest BCUT2D eigenvalue weighted by Gasteiger charge is 2.69. The highest BCUT2D eigenvalue weighted by Crippen LogP contribution is 2.65. The fourth-order valence-electron chi connectivity index (χ4n) is 5.49. The molecule has 3 aliphatic rings. The van der Waals surface area contributed by atoms with Gasteiger partial charge in [-0.3, -0.25) is 29.4 Å². The van der Waals surface area contributed by atoms with Gasteiger partial charge >= 0.3 is 0 Å². The van der Waals surface area contributed by atoms with E-state index >= 15 is 0 Å². The summed E-state index contributed by atoms with van der Waals surface area (Å²) in [6.45, 7) is 8.93. The third kappa shape index (κ3) is 5.83. The number of amides is 5. The summed E-state index contributed by atoms with van der Waals surface area (Å²) in [5.41, 5.74) is -0.301. The molecule has 1 unspecified atom stereocenters. The first-order chi connectivity index (χ1) is 17.2. The summed E-state index contributed by atoms with van der Waals surface area (Å²) in [5, 5.41) is 5.80. The van der Waals surface area contributed by atoms with Crippen LogP contribution in [0.2, 0.25) is 0 Å². The van der Waals surface area contributed by atoms with Crippen molar-refractivity contribution in [3.05, 3.63) is 0 Å². The number of hydrogen-bond acceptors (Lipinski definition) is 5. The van der Waals surface area contributed by atoms with Gasteiger partial charge in [0.2, 0.25) is 11.8 Å². The van der Waals surface area contributed by atoms with Crippen molar-refractivity contribution in [2.45, 2.75) is 71.3 Å². The van der Waals surface area contributed by atoms with Gasteiger partial charge in [-0.1, -0.05) is 45.7 Å². The minimum atomic E-state index is -2.44. The van der Waals surface area contributed by atoms with E-state index in [4.69, 9.17) is 11.6 Å². The van der Waals surface area contributed by atoms with E-state index in [0.29, 0.717) is 24.4 Å². The van der Waals surface area contributed by atoms with Gasteiger partial charge in [0.05, 0.1) is 12.5 Å². The Bertz CT molecular complexity index is 948. The maximum atomic E-state index is 13.8. The van der Waals surface area contributed by atoms with Crippen molar-refractivity contribution in [3.63, 3.8) is 0 Å². The van der Waals surface area contributed by atoms with Gasteiger partial charge in [0.1, 0.15) is 12.1 Å². The number of likely N-dealkylation sites (tertiary alicyclic amines) is 1. The summed E-state index contributed by atoms with van der Waals surface area (Å²) in [5.74, 6) is -4.96. The predicted molar refractivity (Wildman–Crippen MR) is 130 cm³/mol. The molecule has 0 radical (unpaired) electrons. The molecule has 1 aliphatic carbocycles. The monoisotopic (exact) mass is 547 g/mol. The van der Waals surface area contributed by atoms with Gasteiger partial charge in [-0.2, -0.15) is 0 Å². The van der Waals surface area contributed by atoms with Crippen LogP contribution in [0.25, 0.3) is 0 Å². The van der Waals surface area contributed by atoms with Gasteiger partial charge in [-0.05, 0) is 36.5 Å². The van der Waals surface area contributed by atoms with E-state index < -0.39 is 53.4 Å². The van der Waals surface area contributed by atoms with Crippen molar-refractivity contribution in [2.75, 3.05) is 19.6 Å². The Hall–Kier alpha value is -2.50. The van der Waals surface area contributed by atoms with Crippen LogP contribution in [0.15, 0.2) is 0 Å². The van der Waals surface area contributed by atoms with Gasteiger partial charge in [0, 0.05) is 13.1 Å².